The summed E-state index contributed by atoms with van der Waals surface area (Å²) in [6.45, 7) is 0.475. The second kappa shape index (κ2) is 9.22. The first kappa shape index (κ1) is 17.2. The van der Waals surface area contributed by atoms with E-state index in [1.54, 1.807) is 12.1 Å². The highest BCUT2D eigenvalue weighted by Crippen LogP contribution is 2.05. The molecule has 0 saturated carbocycles. The van der Waals surface area contributed by atoms with Gasteiger partial charge in [-0.1, -0.05) is 12.1 Å². The van der Waals surface area contributed by atoms with Gasteiger partial charge >= 0.3 is 5.97 Å². The van der Waals surface area contributed by atoms with E-state index < -0.39 is 0 Å². The van der Waals surface area contributed by atoms with Crippen LogP contribution in [0.1, 0.15) is 18.4 Å². The topological polar surface area (TPSA) is 81.4 Å². The van der Waals surface area contributed by atoms with Gasteiger partial charge in [0.1, 0.15) is 0 Å². The molecule has 1 rings (SSSR count). The number of esters is 1. The lowest BCUT2D eigenvalue weighted by Crippen LogP contribution is -2.26. The smallest absolute Gasteiger partial charge is 0.305 e. The van der Waals surface area contributed by atoms with Crippen LogP contribution in [-0.4, -0.2) is 25.5 Å². The van der Waals surface area contributed by atoms with Crippen molar-refractivity contribution in [1.82, 2.24) is 5.32 Å². The molecule has 1 aromatic carbocycles. The lowest BCUT2D eigenvalue weighted by Gasteiger charge is -2.05. The standard InChI is InChI=1S/C13H18N2O3.ClH/c1-18-13(17)3-2-8-15-12(16)9-10-4-6-11(14)7-5-10;/h4-7H,2-3,8-9,14H2,1H3,(H,15,16);1H. The van der Waals surface area contributed by atoms with E-state index in [1.807, 2.05) is 12.1 Å². The molecule has 0 bridgehead atoms. The van der Waals surface area contributed by atoms with E-state index in [0.29, 0.717) is 31.5 Å². The number of amides is 1. The molecule has 0 aliphatic carbocycles. The molecule has 0 saturated heterocycles. The molecule has 0 heterocycles. The van der Waals surface area contributed by atoms with Crippen LogP contribution in [0.5, 0.6) is 0 Å². The Labute approximate surface area is 118 Å². The van der Waals surface area contributed by atoms with Crippen LogP contribution < -0.4 is 11.1 Å². The average molecular weight is 287 g/mol. The Balaban J connectivity index is 0.00000324. The zero-order valence-corrected chi connectivity index (χ0v) is 11.7. The van der Waals surface area contributed by atoms with Gasteiger partial charge in [0.15, 0.2) is 0 Å². The third-order valence-electron chi connectivity index (χ3n) is 2.45. The zero-order chi connectivity index (χ0) is 13.4. The molecule has 5 nitrogen and oxygen atoms in total. The van der Waals surface area contributed by atoms with Crippen molar-refractivity contribution in [2.24, 2.45) is 0 Å². The van der Waals surface area contributed by atoms with Crippen LogP contribution >= 0.6 is 12.4 Å². The minimum atomic E-state index is -0.261. The Morgan fingerprint density at radius 1 is 1.26 bits per heavy atom. The lowest BCUT2D eigenvalue weighted by atomic mass is 10.1. The minimum Gasteiger partial charge on any atom is -0.469 e. The van der Waals surface area contributed by atoms with Gasteiger partial charge in [-0.15, -0.1) is 12.4 Å². The summed E-state index contributed by atoms with van der Waals surface area (Å²) in [7, 11) is 1.35. The predicted molar refractivity (Wildman–Crippen MR) is 76.1 cm³/mol. The lowest BCUT2D eigenvalue weighted by molar-refractivity contribution is -0.140. The van der Waals surface area contributed by atoms with E-state index in [4.69, 9.17) is 5.73 Å². The number of nitrogens with two attached hydrogens (primary N) is 1. The number of nitrogens with one attached hydrogen (secondary N) is 1. The molecule has 3 N–H and O–H groups in total. The maximum atomic E-state index is 11.6. The first-order valence-corrected chi connectivity index (χ1v) is 5.79. The van der Waals surface area contributed by atoms with Crippen LogP contribution in [-0.2, 0) is 20.7 Å². The summed E-state index contributed by atoms with van der Waals surface area (Å²) in [6, 6.07) is 7.17. The van der Waals surface area contributed by atoms with Crippen molar-refractivity contribution in [1.29, 1.82) is 0 Å². The van der Waals surface area contributed by atoms with Crippen LogP contribution in [0.2, 0.25) is 0 Å². The molecule has 0 aromatic heterocycles. The first-order chi connectivity index (χ1) is 8.61. The number of methoxy groups -OCH3 is 1. The van der Waals surface area contributed by atoms with Crippen molar-refractivity contribution in [3.63, 3.8) is 0 Å². The SMILES string of the molecule is COC(=O)CCCNC(=O)Cc1ccc(N)cc1.Cl. The van der Waals surface area contributed by atoms with Crippen molar-refractivity contribution < 1.29 is 14.3 Å². The summed E-state index contributed by atoms with van der Waals surface area (Å²) in [6.07, 6.45) is 1.22. The van der Waals surface area contributed by atoms with Gasteiger partial charge in [0, 0.05) is 18.7 Å². The minimum absolute atomic E-state index is 0. The number of halogens is 1. The highest BCUT2D eigenvalue weighted by atomic mass is 35.5. The fourth-order valence-electron chi connectivity index (χ4n) is 1.45. The second-order valence-electron chi connectivity index (χ2n) is 3.95. The van der Waals surface area contributed by atoms with Crippen molar-refractivity contribution in [2.75, 3.05) is 19.4 Å². The molecule has 106 valence electrons. The predicted octanol–water partition coefficient (Wildman–Crippen LogP) is 1.30. The summed E-state index contributed by atoms with van der Waals surface area (Å²) < 4.78 is 4.50. The number of benzene rings is 1. The number of carbonyl (C=O) groups is 2. The Bertz CT molecular complexity index is 407. The van der Waals surface area contributed by atoms with Gasteiger partial charge < -0.3 is 15.8 Å². The van der Waals surface area contributed by atoms with E-state index in [2.05, 4.69) is 10.1 Å². The fourth-order valence-corrected chi connectivity index (χ4v) is 1.45. The van der Waals surface area contributed by atoms with Gasteiger partial charge in [-0.3, -0.25) is 9.59 Å². The summed E-state index contributed by atoms with van der Waals surface area (Å²) >= 11 is 0. The van der Waals surface area contributed by atoms with Crippen molar-refractivity contribution in [2.45, 2.75) is 19.3 Å². The molecule has 0 fully saturated rings. The van der Waals surface area contributed by atoms with E-state index in [-0.39, 0.29) is 24.3 Å². The normalized spacial score (nSPS) is 9.32. The maximum absolute atomic E-state index is 11.6. The molecular formula is C13H19ClN2O3. The maximum Gasteiger partial charge on any atom is 0.305 e. The van der Waals surface area contributed by atoms with Gasteiger partial charge in [-0.05, 0) is 24.1 Å². The molecule has 0 aliphatic heterocycles. The van der Waals surface area contributed by atoms with Crippen LogP contribution in [0, 0.1) is 0 Å². The molecule has 0 spiro atoms. The molecule has 0 unspecified atom stereocenters. The summed E-state index contributed by atoms with van der Waals surface area (Å²) in [5.41, 5.74) is 7.14. The number of hydrogen-bond acceptors (Lipinski definition) is 4. The third kappa shape index (κ3) is 7.31. The molecule has 6 heteroatoms. The fraction of sp³-hybridized carbons (Fsp3) is 0.385. The Hall–Kier alpha value is -1.75. The first-order valence-electron chi connectivity index (χ1n) is 5.79. The molecule has 1 amide bonds. The zero-order valence-electron chi connectivity index (χ0n) is 10.8. The number of anilines is 1. The van der Waals surface area contributed by atoms with E-state index >= 15 is 0 Å². The largest absolute Gasteiger partial charge is 0.469 e. The van der Waals surface area contributed by atoms with Crippen LogP contribution in [0.25, 0.3) is 0 Å². The van der Waals surface area contributed by atoms with E-state index in [0.717, 1.165) is 5.56 Å². The summed E-state index contributed by atoms with van der Waals surface area (Å²) in [4.78, 5) is 22.4. The van der Waals surface area contributed by atoms with Crippen molar-refractivity contribution >= 4 is 30.0 Å². The Morgan fingerprint density at radius 2 is 1.89 bits per heavy atom. The Morgan fingerprint density at radius 3 is 2.47 bits per heavy atom. The Kier molecular flexibility index (Phi) is 8.37. The second-order valence-corrected chi connectivity index (χ2v) is 3.95. The molecule has 0 atom stereocenters. The molecule has 19 heavy (non-hydrogen) atoms. The average Bonchev–Trinajstić information content (AvgIpc) is 2.37. The number of ether oxygens (including phenoxy) is 1. The molecular weight excluding hydrogens is 268 g/mol. The van der Waals surface area contributed by atoms with Crippen LogP contribution in [0.4, 0.5) is 5.69 Å². The van der Waals surface area contributed by atoms with Gasteiger partial charge in [0.05, 0.1) is 13.5 Å². The quantitative estimate of drug-likeness (QED) is 0.469. The third-order valence-corrected chi connectivity index (χ3v) is 2.45. The highest BCUT2D eigenvalue weighted by molar-refractivity contribution is 5.85. The monoisotopic (exact) mass is 286 g/mol. The number of nitrogen functional groups attached to an aromatic ring is 1. The number of carbonyl (C=O) groups excluding carboxylic acids is 2. The van der Waals surface area contributed by atoms with Gasteiger partial charge in [0.25, 0.3) is 0 Å². The van der Waals surface area contributed by atoms with E-state index in [9.17, 15) is 9.59 Å². The van der Waals surface area contributed by atoms with Crippen LogP contribution in [0.3, 0.4) is 0 Å². The van der Waals surface area contributed by atoms with Gasteiger partial charge in [0.2, 0.25) is 5.91 Å². The number of rotatable bonds is 6. The molecule has 0 radical (unpaired) electrons. The molecule has 1 aromatic rings. The molecule has 0 aliphatic rings. The van der Waals surface area contributed by atoms with Crippen molar-refractivity contribution in [3.8, 4) is 0 Å². The van der Waals surface area contributed by atoms with Gasteiger partial charge in [-0.25, -0.2) is 0 Å². The van der Waals surface area contributed by atoms with Crippen LogP contribution in [0.15, 0.2) is 24.3 Å². The highest BCUT2D eigenvalue weighted by Gasteiger charge is 2.04. The van der Waals surface area contributed by atoms with Crippen molar-refractivity contribution in [3.05, 3.63) is 29.8 Å². The van der Waals surface area contributed by atoms with E-state index in [1.165, 1.54) is 7.11 Å². The number of hydrogen-bond donors (Lipinski definition) is 2. The summed E-state index contributed by atoms with van der Waals surface area (Å²) in [5.74, 6) is -0.326. The van der Waals surface area contributed by atoms with Gasteiger partial charge in [-0.2, -0.15) is 0 Å². The summed E-state index contributed by atoms with van der Waals surface area (Å²) in [5, 5.41) is 2.75.